The maximum atomic E-state index is 4.98. The molecule has 0 spiro atoms. The first-order chi connectivity index (χ1) is 7.78. The molecule has 16 heavy (non-hydrogen) atoms. The van der Waals surface area contributed by atoms with Crippen LogP contribution >= 0.6 is 0 Å². The van der Waals surface area contributed by atoms with Gasteiger partial charge in [0.05, 0.1) is 38.1 Å². The second-order valence-electron chi connectivity index (χ2n) is 3.33. The molecule has 0 aliphatic rings. The molecule has 0 aliphatic heterocycles. The summed E-state index contributed by atoms with van der Waals surface area (Å²) in [6, 6.07) is 0. The van der Waals surface area contributed by atoms with Gasteiger partial charge < -0.3 is 14.6 Å². The van der Waals surface area contributed by atoms with Gasteiger partial charge in [0.25, 0.3) is 0 Å². The van der Waals surface area contributed by atoms with Gasteiger partial charge in [-0.15, -0.1) is 0 Å². The van der Waals surface area contributed by atoms with E-state index in [1.54, 1.807) is 25.8 Å². The average molecular weight is 219 g/mol. The molecular formula is C10H13N5O. The summed E-state index contributed by atoms with van der Waals surface area (Å²) in [6.07, 6.45) is 6.91. The average Bonchev–Trinajstić information content (AvgIpc) is 2.73. The van der Waals surface area contributed by atoms with Crippen LogP contribution < -0.4 is 10.1 Å². The van der Waals surface area contributed by atoms with Crippen molar-refractivity contribution in [3.05, 3.63) is 30.6 Å². The number of hydrogen-bond acceptors (Lipinski definition) is 5. The number of hydrogen-bond donors (Lipinski definition) is 1. The first-order valence-electron chi connectivity index (χ1n) is 4.84. The van der Waals surface area contributed by atoms with Crippen molar-refractivity contribution >= 4 is 5.82 Å². The molecule has 6 heteroatoms. The van der Waals surface area contributed by atoms with E-state index in [0.29, 0.717) is 18.2 Å². The monoisotopic (exact) mass is 219 g/mol. The van der Waals surface area contributed by atoms with Crippen LogP contribution in [-0.4, -0.2) is 26.6 Å². The van der Waals surface area contributed by atoms with E-state index in [1.165, 1.54) is 0 Å². The zero-order chi connectivity index (χ0) is 11.4. The van der Waals surface area contributed by atoms with Gasteiger partial charge in [-0.05, 0) is 0 Å². The lowest BCUT2D eigenvalue weighted by atomic mass is 10.4. The maximum absolute atomic E-state index is 4.98. The van der Waals surface area contributed by atoms with Gasteiger partial charge in [-0.3, -0.25) is 4.98 Å². The quantitative estimate of drug-likeness (QED) is 0.825. The van der Waals surface area contributed by atoms with Crippen LogP contribution in [0.15, 0.2) is 24.9 Å². The van der Waals surface area contributed by atoms with Gasteiger partial charge in [-0.25, -0.2) is 4.98 Å². The Labute approximate surface area is 93.3 Å². The fourth-order valence-electron chi connectivity index (χ4n) is 1.27. The third-order valence-corrected chi connectivity index (χ3v) is 2.03. The minimum absolute atomic E-state index is 0.492. The normalized spacial score (nSPS) is 10.1. The minimum Gasteiger partial charge on any atom is -0.480 e. The summed E-state index contributed by atoms with van der Waals surface area (Å²) in [4.78, 5) is 12.4. The Balaban J connectivity index is 1.99. The lowest BCUT2D eigenvalue weighted by Crippen LogP contribution is -2.03. The Kier molecular flexibility index (Phi) is 3.00. The molecule has 0 atom stereocenters. The van der Waals surface area contributed by atoms with Crippen molar-refractivity contribution in [1.82, 2.24) is 19.5 Å². The Bertz CT molecular complexity index is 468. The molecule has 1 N–H and O–H groups in total. The van der Waals surface area contributed by atoms with Crippen LogP contribution in [0.1, 0.15) is 5.69 Å². The summed E-state index contributed by atoms with van der Waals surface area (Å²) in [5, 5.41) is 3.12. The highest BCUT2D eigenvalue weighted by molar-refractivity contribution is 5.33. The molecule has 2 aromatic rings. The van der Waals surface area contributed by atoms with Crippen molar-refractivity contribution < 1.29 is 4.74 Å². The highest BCUT2D eigenvalue weighted by Crippen LogP contribution is 2.08. The molecule has 0 amide bonds. The number of ether oxygens (including phenoxy) is 1. The van der Waals surface area contributed by atoms with Gasteiger partial charge >= 0.3 is 0 Å². The summed E-state index contributed by atoms with van der Waals surface area (Å²) >= 11 is 0. The molecule has 0 aliphatic carbocycles. The zero-order valence-electron chi connectivity index (χ0n) is 9.21. The van der Waals surface area contributed by atoms with Crippen molar-refractivity contribution in [2.75, 3.05) is 12.4 Å². The van der Waals surface area contributed by atoms with Gasteiger partial charge in [-0.1, -0.05) is 0 Å². The van der Waals surface area contributed by atoms with E-state index in [-0.39, 0.29) is 0 Å². The van der Waals surface area contributed by atoms with E-state index in [2.05, 4.69) is 20.3 Å². The predicted octanol–water partition coefficient (Wildman–Crippen LogP) is 0.831. The predicted molar refractivity (Wildman–Crippen MR) is 59.1 cm³/mol. The van der Waals surface area contributed by atoms with Gasteiger partial charge in [-0.2, -0.15) is 4.98 Å². The topological polar surface area (TPSA) is 64.9 Å². The Hall–Kier alpha value is -2.11. The van der Waals surface area contributed by atoms with E-state index in [4.69, 9.17) is 4.74 Å². The SMILES string of the molecule is COc1cncc(NCc2cn(C)cn2)n1. The Morgan fingerprint density at radius 1 is 1.44 bits per heavy atom. The van der Waals surface area contributed by atoms with E-state index in [0.717, 1.165) is 5.69 Å². The third kappa shape index (κ3) is 2.47. The maximum Gasteiger partial charge on any atom is 0.233 e. The van der Waals surface area contributed by atoms with Gasteiger partial charge in [0.2, 0.25) is 5.88 Å². The fourth-order valence-corrected chi connectivity index (χ4v) is 1.27. The number of nitrogens with one attached hydrogen (secondary N) is 1. The molecule has 84 valence electrons. The van der Waals surface area contributed by atoms with E-state index < -0.39 is 0 Å². The van der Waals surface area contributed by atoms with Crippen molar-refractivity contribution in [2.24, 2.45) is 7.05 Å². The molecule has 2 heterocycles. The van der Waals surface area contributed by atoms with Crippen molar-refractivity contribution in [3.63, 3.8) is 0 Å². The number of methoxy groups -OCH3 is 1. The van der Waals surface area contributed by atoms with Crippen molar-refractivity contribution in [3.8, 4) is 5.88 Å². The second-order valence-corrected chi connectivity index (χ2v) is 3.33. The molecule has 2 rings (SSSR count). The first kappa shape index (κ1) is 10.4. The van der Waals surface area contributed by atoms with E-state index in [1.807, 2.05) is 17.8 Å². The molecule has 0 unspecified atom stereocenters. The molecule has 0 saturated heterocycles. The molecule has 0 fully saturated rings. The molecule has 0 bridgehead atoms. The number of anilines is 1. The summed E-state index contributed by atoms with van der Waals surface area (Å²) in [5.74, 6) is 1.16. The zero-order valence-corrected chi connectivity index (χ0v) is 9.21. The lowest BCUT2D eigenvalue weighted by molar-refractivity contribution is 0.396. The van der Waals surface area contributed by atoms with Gasteiger partial charge in [0, 0.05) is 13.2 Å². The summed E-state index contributed by atoms with van der Waals surface area (Å²) in [5.41, 5.74) is 0.951. The summed E-state index contributed by atoms with van der Waals surface area (Å²) < 4.78 is 6.87. The molecule has 2 aromatic heterocycles. The Morgan fingerprint density at radius 2 is 2.31 bits per heavy atom. The Morgan fingerprint density at radius 3 is 3.00 bits per heavy atom. The lowest BCUT2D eigenvalue weighted by Gasteiger charge is -2.04. The van der Waals surface area contributed by atoms with Gasteiger partial charge in [0.1, 0.15) is 5.82 Å². The molecular weight excluding hydrogens is 206 g/mol. The number of nitrogens with zero attached hydrogens (tertiary/aromatic N) is 4. The van der Waals surface area contributed by atoms with Crippen LogP contribution in [0.5, 0.6) is 5.88 Å². The van der Waals surface area contributed by atoms with Crippen molar-refractivity contribution in [1.29, 1.82) is 0 Å². The highest BCUT2D eigenvalue weighted by atomic mass is 16.5. The largest absolute Gasteiger partial charge is 0.480 e. The van der Waals surface area contributed by atoms with Crippen molar-refractivity contribution in [2.45, 2.75) is 6.54 Å². The van der Waals surface area contributed by atoms with Crippen LogP contribution in [0, 0.1) is 0 Å². The van der Waals surface area contributed by atoms with E-state index >= 15 is 0 Å². The summed E-state index contributed by atoms with van der Waals surface area (Å²) in [7, 11) is 3.49. The number of imidazole rings is 1. The molecule has 6 nitrogen and oxygen atoms in total. The van der Waals surface area contributed by atoms with Crippen LogP contribution in [0.3, 0.4) is 0 Å². The molecule has 0 saturated carbocycles. The minimum atomic E-state index is 0.492. The summed E-state index contributed by atoms with van der Waals surface area (Å²) in [6.45, 7) is 0.614. The fraction of sp³-hybridized carbons (Fsp3) is 0.300. The standard InChI is InChI=1S/C10H13N5O/c1-15-6-8(13-7-15)3-12-9-4-11-5-10(14-9)16-2/h4-7H,3H2,1-2H3,(H,12,14). The van der Waals surface area contributed by atoms with Gasteiger partial charge in [0.15, 0.2) is 0 Å². The highest BCUT2D eigenvalue weighted by Gasteiger charge is 2.00. The van der Waals surface area contributed by atoms with Crippen LogP contribution in [0.2, 0.25) is 0 Å². The second kappa shape index (κ2) is 4.61. The number of aryl methyl sites for hydroxylation is 1. The van der Waals surface area contributed by atoms with E-state index in [9.17, 15) is 0 Å². The van der Waals surface area contributed by atoms with Crippen LogP contribution in [0.25, 0.3) is 0 Å². The number of rotatable bonds is 4. The molecule has 0 radical (unpaired) electrons. The first-order valence-corrected chi connectivity index (χ1v) is 4.84. The van der Waals surface area contributed by atoms with Crippen LogP contribution in [-0.2, 0) is 13.6 Å². The molecule has 0 aromatic carbocycles. The number of aromatic nitrogens is 4. The third-order valence-electron chi connectivity index (χ3n) is 2.03. The van der Waals surface area contributed by atoms with Crippen LogP contribution in [0.4, 0.5) is 5.82 Å². The smallest absolute Gasteiger partial charge is 0.233 e.